The van der Waals surface area contributed by atoms with Gasteiger partial charge in [-0.25, -0.2) is 18.1 Å². The molecule has 0 atom stereocenters. The fourth-order valence-electron chi connectivity index (χ4n) is 1.68. The highest BCUT2D eigenvalue weighted by molar-refractivity contribution is 7.89. The lowest BCUT2D eigenvalue weighted by molar-refractivity contribution is 0.572. The maximum absolute atomic E-state index is 11.7. The molecule has 3 N–H and O–H groups in total. The van der Waals surface area contributed by atoms with Crippen molar-refractivity contribution in [1.29, 1.82) is 0 Å². The standard InChI is InChI=1S/C12H24N4O2S/c1-2-6-13-7-3-4-9-19(17,18)16-8-5-12-10-14-11-15-12/h10-11,13,16H,2-9H2,1H3,(H,14,15). The van der Waals surface area contributed by atoms with Gasteiger partial charge in [-0.15, -0.1) is 0 Å². The third-order valence-electron chi connectivity index (χ3n) is 2.71. The first-order valence-corrected chi connectivity index (χ1v) is 8.44. The van der Waals surface area contributed by atoms with Crippen LogP contribution in [0.1, 0.15) is 31.9 Å². The number of aromatic amines is 1. The molecule has 0 saturated carbocycles. The van der Waals surface area contributed by atoms with Crippen molar-refractivity contribution >= 4 is 10.0 Å². The van der Waals surface area contributed by atoms with Crippen LogP contribution in [0.3, 0.4) is 0 Å². The van der Waals surface area contributed by atoms with E-state index in [1.165, 1.54) is 0 Å². The van der Waals surface area contributed by atoms with Crippen molar-refractivity contribution < 1.29 is 8.42 Å². The van der Waals surface area contributed by atoms with Crippen LogP contribution in [-0.4, -0.2) is 43.8 Å². The minimum absolute atomic E-state index is 0.198. The number of sulfonamides is 1. The van der Waals surface area contributed by atoms with Crippen LogP contribution in [0.4, 0.5) is 0 Å². The van der Waals surface area contributed by atoms with E-state index >= 15 is 0 Å². The summed E-state index contributed by atoms with van der Waals surface area (Å²) in [5.74, 6) is 0.198. The van der Waals surface area contributed by atoms with Crippen LogP contribution in [0.15, 0.2) is 12.5 Å². The Morgan fingerprint density at radius 2 is 2.11 bits per heavy atom. The van der Waals surface area contributed by atoms with E-state index in [0.717, 1.165) is 31.6 Å². The zero-order valence-corrected chi connectivity index (χ0v) is 12.3. The highest BCUT2D eigenvalue weighted by Gasteiger charge is 2.08. The number of aromatic nitrogens is 2. The summed E-state index contributed by atoms with van der Waals surface area (Å²) < 4.78 is 26.0. The number of nitrogens with zero attached hydrogens (tertiary/aromatic N) is 1. The van der Waals surface area contributed by atoms with Crippen LogP contribution in [0.5, 0.6) is 0 Å². The Labute approximate surface area is 115 Å². The fourth-order valence-corrected chi connectivity index (χ4v) is 2.82. The van der Waals surface area contributed by atoms with Crippen LogP contribution >= 0.6 is 0 Å². The first-order valence-electron chi connectivity index (χ1n) is 6.79. The first-order chi connectivity index (χ1) is 9.14. The normalized spacial score (nSPS) is 11.8. The number of nitrogens with one attached hydrogen (secondary N) is 3. The van der Waals surface area contributed by atoms with Crippen molar-refractivity contribution in [2.24, 2.45) is 0 Å². The molecule has 1 heterocycles. The molecule has 19 heavy (non-hydrogen) atoms. The maximum atomic E-state index is 11.7. The average molecular weight is 288 g/mol. The molecule has 1 aromatic rings. The van der Waals surface area contributed by atoms with Gasteiger partial charge in [0.1, 0.15) is 0 Å². The number of hydrogen-bond donors (Lipinski definition) is 3. The predicted octanol–water partition coefficient (Wildman–Crippen LogP) is 0.651. The van der Waals surface area contributed by atoms with Crippen LogP contribution in [-0.2, 0) is 16.4 Å². The van der Waals surface area contributed by atoms with Crippen LogP contribution in [0.2, 0.25) is 0 Å². The van der Waals surface area contributed by atoms with Gasteiger partial charge in [0.15, 0.2) is 0 Å². The molecule has 6 nitrogen and oxygen atoms in total. The molecule has 0 aliphatic rings. The number of rotatable bonds is 11. The molecule has 0 aliphatic carbocycles. The maximum Gasteiger partial charge on any atom is 0.211 e. The third kappa shape index (κ3) is 7.97. The summed E-state index contributed by atoms with van der Waals surface area (Å²) in [7, 11) is -3.14. The van der Waals surface area contributed by atoms with E-state index in [9.17, 15) is 8.42 Å². The molecule has 110 valence electrons. The second-order valence-corrected chi connectivity index (χ2v) is 6.42. The molecule has 1 aromatic heterocycles. The van der Waals surface area contributed by atoms with Crippen LogP contribution < -0.4 is 10.0 Å². The third-order valence-corrected chi connectivity index (χ3v) is 4.18. The summed E-state index contributed by atoms with van der Waals surface area (Å²) in [5, 5.41) is 3.26. The Kier molecular flexibility index (Phi) is 7.69. The summed E-state index contributed by atoms with van der Waals surface area (Å²) in [4.78, 5) is 6.82. The number of H-pyrrole nitrogens is 1. The summed E-state index contributed by atoms with van der Waals surface area (Å²) >= 11 is 0. The second-order valence-electron chi connectivity index (χ2n) is 4.50. The van der Waals surface area contributed by atoms with Gasteiger partial charge in [-0.05, 0) is 32.4 Å². The topological polar surface area (TPSA) is 86.9 Å². The lowest BCUT2D eigenvalue weighted by Crippen LogP contribution is -2.29. The van der Waals surface area contributed by atoms with E-state index in [1.807, 2.05) is 0 Å². The Morgan fingerprint density at radius 1 is 1.26 bits per heavy atom. The molecule has 0 aromatic carbocycles. The highest BCUT2D eigenvalue weighted by atomic mass is 32.2. The second kappa shape index (κ2) is 9.06. The van der Waals surface area contributed by atoms with Crippen molar-refractivity contribution in [1.82, 2.24) is 20.0 Å². The largest absolute Gasteiger partial charge is 0.348 e. The van der Waals surface area contributed by atoms with E-state index in [0.29, 0.717) is 19.4 Å². The number of imidazole rings is 1. The van der Waals surface area contributed by atoms with Crippen LogP contribution in [0, 0.1) is 0 Å². The minimum Gasteiger partial charge on any atom is -0.348 e. The quantitative estimate of drug-likeness (QED) is 0.522. The fraction of sp³-hybridized carbons (Fsp3) is 0.750. The molecule has 0 spiro atoms. The SMILES string of the molecule is CCCNCCCCS(=O)(=O)NCCc1cnc[nH]1. The van der Waals surface area contributed by atoms with E-state index in [-0.39, 0.29) is 5.75 Å². The lowest BCUT2D eigenvalue weighted by Gasteiger charge is -2.06. The predicted molar refractivity (Wildman–Crippen MR) is 76.5 cm³/mol. The van der Waals surface area contributed by atoms with Gasteiger partial charge in [-0.3, -0.25) is 0 Å². The highest BCUT2D eigenvalue weighted by Crippen LogP contribution is 1.96. The molecule has 0 aliphatic heterocycles. The van der Waals surface area contributed by atoms with Gasteiger partial charge < -0.3 is 10.3 Å². The zero-order valence-electron chi connectivity index (χ0n) is 11.5. The van der Waals surface area contributed by atoms with Gasteiger partial charge in [0.25, 0.3) is 0 Å². The molecular formula is C12H24N4O2S. The Morgan fingerprint density at radius 3 is 2.79 bits per heavy atom. The van der Waals surface area contributed by atoms with Crippen LogP contribution in [0.25, 0.3) is 0 Å². The summed E-state index contributed by atoms with van der Waals surface area (Å²) in [6.45, 7) is 4.41. The monoisotopic (exact) mass is 288 g/mol. The van der Waals surface area contributed by atoms with Gasteiger partial charge in [-0.2, -0.15) is 0 Å². The summed E-state index contributed by atoms with van der Waals surface area (Å²) in [6.07, 6.45) is 6.61. The van der Waals surface area contributed by atoms with E-state index in [1.54, 1.807) is 12.5 Å². The first kappa shape index (κ1) is 16.1. The van der Waals surface area contributed by atoms with Crippen molar-refractivity contribution in [3.63, 3.8) is 0 Å². The number of hydrogen-bond acceptors (Lipinski definition) is 4. The molecule has 0 saturated heterocycles. The summed E-state index contributed by atoms with van der Waals surface area (Å²) in [6, 6.07) is 0. The Balaban J connectivity index is 2.07. The van der Waals surface area contributed by atoms with E-state index in [4.69, 9.17) is 0 Å². The smallest absolute Gasteiger partial charge is 0.211 e. The Hall–Kier alpha value is -0.920. The summed E-state index contributed by atoms with van der Waals surface area (Å²) in [5.41, 5.74) is 0.937. The van der Waals surface area contributed by atoms with Gasteiger partial charge in [0.2, 0.25) is 10.0 Å². The average Bonchev–Trinajstić information content (AvgIpc) is 2.86. The van der Waals surface area contributed by atoms with Crippen molar-refractivity contribution in [3.05, 3.63) is 18.2 Å². The van der Waals surface area contributed by atoms with Gasteiger partial charge >= 0.3 is 0 Å². The molecule has 0 bridgehead atoms. The van der Waals surface area contributed by atoms with E-state index in [2.05, 4.69) is 26.9 Å². The van der Waals surface area contributed by atoms with Crippen molar-refractivity contribution in [2.75, 3.05) is 25.4 Å². The molecule has 0 amide bonds. The molecule has 0 fully saturated rings. The van der Waals surface area contributed by atoms with Gasteiger partial charge in [0, 0.05) is 24.9 Å². The minimum atomic E-state index is -3.14. The molecular weight excluding hydrogens is 264 g/mol. The molecule has 0 radical (unpaired) electrons. The molecule has 0 unspecified atom stereocenters. The molecule has 1 rings (SSSR count). The number of unbranched alkanes of at least 4 members (excludes halogenated alkanes) is 1. The van der Waals surface area contributed by atoms with Crippen molar-refractivity contribution in [2.45, 2.75) is 32.6 Å². The Bertz CT molecular complexity index is 417. The van der Waals surface area contributed by atoms with Gasteiger partial charge in [-0.1, -0.05) is 6.92 Å². The van der Waals surface area contributed by atoms with E-state index < -0.39 is 10.0 Å². The lowest BCUT2D eigenvalue weighted by atomic mass is 10.3. The zero-order chi connectivity index (χ0) is 14.0. The van der Waals surface area contributed by atoms with Crippen molar-refractivity contribution in [3.8, 4) is 0 Å². The van der Waals surface area contributed by atoms with Gasteiger partial charge in [0.05, 0.1) is 12.1 Å². The molecule has 7 heteroatoms.